The SMILES string of the molecule is C1=NCCCCCCCCCCN=Cc2cccc1c2. The average molecular weight is 270 g/mol. The number of hydrogen-bond acceptors (Lipinski definition) is 2. The first-order valence-electron chi connectivity index (χ1n) is 8.05. The standard InChI is InChI=1S/C18H26N2/c1-2-4-6-8-13-20-16-18-11-9-10-17(14-18)15-19-12-7-5-3-1/h9-11,14-16H,1-8,12-13H2. The van der Waals surface area contributed by atoms with Gasteiger partial charge in [0.25, 0.3) is 0 Å². The highest BCUT2D eigenvalue weighted by Gasteiger charge is 1.94. The Morgan fingerprint density at radius 1 is 0.600 bits per heavy atom. The van der Waals surface area contributed by atoms with Crippen LogP contribution in [0.3, 0.4) is 0 Å². The fraction of sp³-hybridized carbons (Fsp3) is 0.556. The van der Waals surface area contributed by atoms with Crippen molar-refractivity contribution >= 4 is 12.4 Å². The van der Waals surface area contributed by atoms with E-state index in [1.54, 1.807) is 0 Å². The molecule has 0 atom stereocenters. The van der Waals surface area contributed by atoms with Crippen LogP contribution in [0.25, 0.3) is 0 Å². The zero-order valence-corrected chi connectivity index (χ0v) is 12.4. The lowest BCUT2D eigenvalue weighted by Crippen LogP contribution is -1.89. The summed E-state index contributed by atoms with van der Waals surface area (Å²) in [6.45, 7) is 1.91. The molecule has 2 rings (SSSR count). The van der Waals surface area contributed by atoms with E-state index in [9.17, 15) is 0 Å². The molecule has 2 nitrogen and oxygen atoms in total. The van der Waals surface area contributed by atoms with E-state index in [-0.39, 0.29) is 0 Å². The van der Waals surface area contributed by atoms with Crippen molar-refractivity contribution in [1.82, 2.24) is 0 Å². The van der Waals surface area contributed by atoms with E-state index in [1.807, 2.05) is 12.4 Å². The molecule has 0 N–H and O–H groups in total. The van der Waals surface area contributed by atoms with E-state index in [2.05, 4.69) is 34.3 Å². The minimum Gasteiger partial charge on any atom is -0.293 e. The predicted octanol–water partition coefficient (Wildman–Crippen LogP) is 4.66. The van der Waals surface area contributed by atoms with Crippen LogP contribution in [-0.4, -0.2) is 25.5 Å². The second-order valence-corrected chi connectivity index (χ2v) is 5.57. The lowest BCUT2D eigenvalue weighted by Gasteiger charge is -2.00. The quantitative estimate of drug-likeness (QED) is 0.655. The summed E-state index contributed by atoms with van der Waals surface area (Å²) in [6.07, 6.45) is 14.6. The molecule has 108 valence electrons. The molecule has 1 aromatic carbocycles. The Balaban J connectivity index is 1.95. The Morgan fingerprint density at radius 2 is 1.05 bits per heavy atom. The second-order valence-electron chi connectivity index (χ2n) is 5.57. The topological polar surface area (TPSA) is 24.7 Å². The van der Waals surface area contributed by atoms with Crippen molar-refractivity contribution < 1.29 is 0 Å². The molecule has 0 aromatic heterocycles. The molecule has 20 heavy (non-hydrogen) atoms. The zero-order valence-electron chi connectivity index (χ0n) is 12.4. The van der Waals surface area contributed by atoms with Crippen molar-refractivity contribution in [2.45, 2.75) is 51.4 Å². The van der Waals surface area contributed by atoms with Gasteiger partial charge in [0.05, 0.1) is 0 Å². The van der Waals surface area contributed by atoms with Crippen LogP contribution in [0, 0.1) is 0 Å². The van der Waals surface area contributed by atoms with Crippen LogP contribution in [0.1, 0.15) is 62.5 Å². The summed E-state index contributed by atoms with van der Waals surface area (Å²) < 4.78 is 0. The van der Waals surface area contributed by atoms with Crippen LogP contribution in [0.15, 0.2) is 34.3 Å². The van der Waals surface area contributed by atoms with Crippen LogP contribution >= 0.6 is 0 Å². The summed E-state index contributed by atoms with van der Waals surface area (Å²) >= 11 is 0. The molecular formula is C18H26N2. The molecule has 0 fully saturated rings. The summed E-state index contributed by atoms with van der Waals surface area (Å²) in [6, 6.07) is 8.45. The van der Waals surface area contributed by atoms with Crippen molar-refractivity contribution in [2.24, 2.45) is 9.98 Å². The number of hydrogen-bond donors (Lipinski definition) is 0. The first kappa shape index (κ1) is 15.0. The third-order valence-corrected chi connectivity index (χ3v) is 3.72. The van der Waals surface area contributed by atoms with Gasteiger partial charge in [-0.3, -0.25) is 9.98 Å². The van der Waals surface area contributed by atoms with Crippen molar-refractivity contribution in [1.29, 1.82) is 0 Å². The number of fused-ring (bicyclic) bond motifs is 2. The Hall–Kier alpha value is -1.44. The highest BCUT2D eigenvalue weighted by Crippen LogP contribution is 2.09. The molecular weight excluding hydrogens is 244 g/mol. The van der Waals surface area contributed by atoms with Crippen LogP contribution in [0.4, 0.5) is 0 Å². The molecule has 0 aliphatic carbocycles. The fourth-order valence-electron chi connectivity index (χ4n) is 2.53. The Morgan fingerprint density at radius 3 is 1.55 bits per heavy atom. The molecule has 0 saturated heterocycles. The maximum atomic E-state index is 4.52. The summed E-state index contributed by atoms with van der Waals surface area (Å²) in [4.78, 5) is 9.05. The maximum Gasteiger partial charge on any atom is 0.0389 e. The largest absolute Gasteiger partial charge is 0.293 e. The number of benzene rings is 1. The van der Waals surface area contributed by atoms with Gasteiger partial charge in [-0.15, -0.1) is 0 Å². The van der Waals surface area contributed by atoms with E-state index in [4.69, 9.17) is 0 Å². The Labute approximate surface area is 123 Å². The van der Waals surface area contributed by atoms with Gasteiger partial charge >= 0.3 is 0 Å². The second kappa shape index (κ2) is 9.46. The zero-order chi connectivity index (χ0) is 13.9. The predicted molar refractivity (Wildman–Crippen MR) is 88.3 cm³/mol. The Kier molecular flexibility index (Phi) is 7.08. The molecule has 0 unspecified atom stereocenters. The normalized spacial score (nSPS) is 18.6. The minimum absolute atomic E-state index is 0.957. The monoisotopic (exact) mass is 270 g/mol. The minimum atomic E-state index is 0.957. The van der Waals surface area contributed by atoms with Gasteiger partial charge in [-0.2, -0.15) is 0 Å². The van der Waals surface area contributed by atoms with Crippen molar-refractivity contribution in [3.63, 3.8) is 0 Å². The molecule has 2 bridgehead atoms. The van der Waals surface area contributed by atoms with Gasteiger partial charge in [0.2, 0.25) is 0 Å². The van der Waals surface area contributed by atoms with E-state index in [1.165, 1.54) is 62.5 Å². The van der Waals surface area contributed by atoms with E-state index in [0.29, 0.717) is 0 Å². The van der Waals surface area contributed by atoms with E-state index in [0.717, 1.165) is 13.1 Å². The molecule has 0 radical (unpaired) electrons. The van der Waals surface area contributed by atoms with Gasteiger partial charge in [0.15, 0.2) is 0 Å². The van der Waals surface area contributed by atoms with Gasteiger partial charge in [-0.25, -0.2) is 0 Å². The van der Waals surface area contributed by atoms with Crippen molar-refractivity contribution in [3.05, 3.63) is 35.4 Å². The van der Waals surface area contributed by atoms with Crippen LogP contribution in [0.5, 0.6) is 0 Å². The van der Waals surface area contributed by atoms with Crippen LogP contribution in [0.2, 0.25) is 0 Å². The third-order valence-electron chi connectivity index (χ3n) is 3.72. The molecule has 1 heterocycles. The van der Waals surface area contributed by atoms with Gasteiger partial charge in [-0.1, -0.05) is 56.7 Å². The molecule has 0 saturated carbocycles. The highest BCUT2D eigenvalue weighted by molar-refractivity contribution is 5.86. The van der Waals surface area contributed by atoms with Crippen LogP contribution in [-0.2, 0) is 0 Å². The third kappa shape index (κ3) is 6.14. The van der Waals surface area contributed by atoms with Gasteiger partial charge in [-0.05, 0) is 30.0 Å². The highest BCUT2D eigenvalue weighted by atomic mass is 14.7. The first-order valence-corrected chi connectivity index (χ1v) is 8.05. The van der Waals surface area contributed by atoms with Gasteiger partial charge in [0, 0.05) is 25.5 Å². The summed E-state index contributed by atoms with van der Waals surface area (Å²) in [5.41, 5.74) is 2.36. The molecule has 0 amide bonds. The number of nitrogens with zero attached hydrogens (tertiary/aromatic N) is 2. The molecule has 2 heteroatoms. The molecule has 1 aromatic rings. The van der Waals surface area contributed by atoms with E-state index >= 15 is 0 Å². The van der Waals surface area contributed by atoms with Gasteiger partial charge < -0.3 is 0 Å². The van der Waals surface area contributed by atoms with Gasteiger partial charge in [0.1, 0.15) is 0 Å². The summed E-state index contributed by atoms with van der Waals surface area (Å²) in [7, 11) is 0. The maximum absolute atomic E-state index is 4.52. The van der Waals surface area contributed by atoms with Crippen molar-refractivity contribution in [3.8, 4) is 0 Å². The van der Waals surface area contributed by atoms with E-state index < -0.39 is 0 Å². The lowest BCUT2D eigenvalue weighted by molar-refractivity contribution is 0.573. The number of aliphatic imine (C=N–C) groups is 2. The van der Waals surface area contributed by atoms with Crippen molar-refractivity contribution in [2.75, 3.05) is 13.1 Å². The average Bonchev–Trinajstić information content (AvgIpc) is 2.47. The summed E-state index contributed by atoms with van der Waals surface area (Å²) in [5, 5.41) is 0. The lowest BCUT2D eigenvalue weighted by atomic mass is 10.1. The smallest absolute Gasteiger partial charge is 0.0389 e. The summed E-state index contributed by atoms with van der Waals surface area (Å²) in [5.74, 6) is 0. The molecule has 1 aliphatic heterocycles. The Bertz CT molecular complexity index is 398. The first-order chi connectivity index (χ1) is 9.95. The van der Waals surface area contributed by atoms with Crippen LogP contribution < -0.4 is 0 Å². The molecule has 1 aliphatic rings. The molecule has 0 spiro atoms. The number of rotatable bonds is 0. The fourth-order valence-corrected chi connectivity index (χ4v) is 2.53.